The lowest BCUT2D eigenvalue weighted by molar-refractivity contribution is 0.209. The molecule has 0 saturated carbocycles. The van der Waals surface area contributed by atoms with E-state index in [-0.39, 0.29) is 0 Å². The second kappa shape index (κ2) is 8.49. The molecular weight excluding hydrogens is 210 g/mol. The Hall–Kier alpha value is -0.590. The van der Waals surface area contributed by atoms with Crippen molar-refractivity contribution in [2.45, 2.75) is 71.4 Å². The SMILES string of the molecule is CCCCCN(CCCC(C)(N)C#N)C(C)C. The van der Waals surface area contributed by atoms with Crippen molar-refractivity contribution in [1.82, 2.24) is 4.90 Å². The third-order valence-electron chi connectivity index (χ3n) is 3.18. The van der Waals surface area contributed by atoms with E-state index in [2.05, 4.69) is 31.7 Å². The molecule has 0 radical (unpaired) electrons. The molecule has 1 unspecified atom stereocenters. The number of rotatable bonds is 9. The number of nitriles is 1. The van der Waals surface area contributed by atoms with Gasteiger partial charge in [0.1, 0.15) is 5.54 Å². The van der Waals surface area contributed by atoms with Crippen LogP contribution in [0, 0.1) is 11.3 Å². The zero-order valence-corrected chi connectivity index (χ0v) is 12.0. The lowest BCUT2D eigenvalue weighted by Crippen LogP contribution is -2.37. The van der Waals surface area contributed by atoms with Crippen molar-refractivity contribution in [3.05, 3.63) is 0 Å². The largest absolute Gasteiger partial charge is 0.314 e. The molecule has 3 heteroatoms. The highest BCUT2D eigenvalue weighted by molar-refractivity contribution is 5.00. The van der Waals surface area contributed by atoms with Crippen molar-refractivity contribution in [3.63, 3.8) is 0 Å². The minimum atomic E-state index is -0.661. The normalized spacial score (nSPS) is 14.9. The summed E-state index contributed by atoms with van der Waals surface area (Å²) in [6.45, 7) is 10.7. The maximum absolute atomic E-state index is 8.85. The first kappa shape index (κ1) is 16.4. The molecule has 3 nitrogen and oxygen atoms in total. The van der Waals surface area contributed by atoms with Gasteiger partial charge < -0.3 is 10.6 Å². The maximum Gasteiger partial charge on any atom is 0.101 e. The van der Waals surface area contributed by atoms with Crippen LogP contribution in [0.2, 0.25) is 0 Å². The van der Waals surface area contributed by atoms with Crippen LogP contribution in [0.15, 0.2) is 0 Å². The molecule has 100 valence electrons. The fourth-order valence-electron chi connectivity index (χ4n) is 1.90. The molecular formula is C14H29N3. The van der Waals surface area contributed by atoms with Gasteiger partial charge in [-0.15, -0.1) is 0 Å². The van der Waals surface area contributed by atoms with E-state index in [9.17, 15) is 0 Å². The van der Waals surface area contributed by atoms with E-state index in [1.165, 1.54) is 25.8 Å². The molecule has 0 amide bonds. The molecule has 0 bridgehead atoms. The Labute approximate surface area is 107 Å². The first-order valence-electron chi connectivity index (χ1n) is 6.87. The number of nitrogens with zero attached hydrogens (tertiary/aromatic N) is 2. The van der Waals surface area contributed by atoms with E-state index in [0.29, 0.717) is 6.04 Å². The van der Waals surface area contributed by atoms with Crippen LogP contribution < -0.4 is 5.73 Å². The summed E-state index contributed by atoms with van der Waals surface area (Å²) in [5.74, 6) is 0. The predicted molar refractivity (Wildman–Crippen MR) is 73.7 cm³/mol. The second-order valence-electron chi connectivity index (χ2n) is 5.47. The van der Waals surface area contributed by atoms with Crippen LogP contribution >= 0.6 is 0 Å². The summed E-state index contributed by atoms with van der Waals surface area (Å²) in [5.41, 5.74) is 5.16. The highest BCUT2D eigenvalue weighted by atomic mass is 15.1. The number of nitrogens with two attached hydrogens (primary N) is 1. The molecule has 0 aliphatic rings. The topological polar surface area (TPSA) is 53.0 Å². The van der Waals surface area contributed by atoms with Gasteiger partial charge in [0, 0.05) is 6.04 Å². The van der Waals surface area contributed by atoms with Crippen LogP contribution in [0.25, 0.3) is 0 Å². The van der Waals surface area contributed by atoms with Crippen LogP contribution in [0.1, 0.15) is 59.8 Å². The van der Waals surface area contributed by atoms with Crippen molar-refractivity contribution in [1.29, 1.82) is 5.26 Å². The smallest absolute Gasteiger partial charge is 0.101 e. The van der Waals surface area contributed by atoms with Gasteiger partial charge in [-0.1, -0.05) is 19.8 Å². The summed E-state index contributed by atoms with van der Waals surface area (Å²) < 4.78 is 0. The number of unbranched alkanes of at least 4 members (excludes halogenated alkanes) is 2. The van der Waals surface area contributed by atoms with E-state index >= 15 is 0 Å². The highest BCUT2D eigenvalue weighted by Gasteiger charge is 2.17. The molecule has 0 aromatic rings. The van der Waals surface area contributed by atoms with Gasteiger partial charge in [-0.25, -0.2) is 0 Å². The summed E-state index contributed by atoms with van der Waals surface area (Å²) in [6.07, 6.45) is 5.62. The minimum Gasteiger partial charge on any atom is -0.314 e. The molecule has 0 aliphatic heterocycles. The molecule has 1 atom stereocenters. The average molecular weight is 239 g/mol. The van der Waals surface area contributed by atoms with Gasteiger partial charge in [0.15, 0.2) is 0 Å². The minimum absolute atomic E-state index is 0.581. The Morgan fingerprint density at radius 2 is 1.82 bits per heavy atom. The van der Waals surface area contributed by atoms with Crippen molar-refractivity contribution < 1.29 is 0 Å². The fourth-order valence-corrected chi connectivity index (χ4v) is 1.90. The van der Waals surface area contributed by atoms with E-state index < -0.39 is 5.54 Å². The predicted octanol–water partition coefficient (Wildman–Crippen LogP) is 2.91. The van der Waals surface area contributed by atoms with Crippen molar-refractivity contribution >= 4 is 0 Å². The third kappa shape index (κ3) is 8.18. The second-order valence-corrected chi connectivity index (χ2v) is 5.47. The Morgan fingerprint density at radius 3 is 2.29 bits per heavy atom. The zero-order valence-electron chi connectivity index (χ0n) is 12.0. The molecule has 0 aliphatic carbocycles. The van der Waals surface area contributed by atoms with Crippen LogP contribution in [-0.4, -0.2) is 29.6 Å². The molecule has 0 aromatic heterocycles. The van der Waals surface area contributed by atoms with Gasteiger partial charge in [-0.05, 0) is 53.1 Å². The van der Waals surface area contributed by atoms with Gasteiger partial charge >= 0.3 is 0 Å². The van der Waals surface area contributed by atoms with Gasteiger partial charge in [0.2, 0.25) is 0 Å². The van der Waals surface area contributed by atoms with Gasteiger partial charge in [0.25, 0.3) is 0 Å². The Morgan fingerprint density at radius 1 is 1.24 bits per heavy atom. The average Bonchev–Trinajstić information content (AvgIpc) is 2.27. The fraction of sp³-hybridized carbons (Fsp3) is 0.929. The Balaban J connectivity index is 3.90. The summed E-state index contributed by atoms with van der Waals surface area (Å²) in [7, 11) is 0. The molecule has 0 spiro atoms. The lowest BCUT2D eigenvalue weighted by Gasteiger charge is -2.27. The number of hydrogen-bond acceptors (Lipinski definition) is 3. The molecule has 0 heterocycles. The van der Waals surface area contributed by atoms with E-state index in [0.717, 1.165) is 19.4 Å². The van der Waals surface area contributed by atoms with Crippen LogP contribution in [0.4, 0.5) is 0 Å². The van der Waals surface area contributed by atoms with Crippen molar-refractivity contribution in [3.8, 4) is 6.07 Å². The quantitative estimate of drug-likeness (QED) is 0.629. The lowest BCUT2D eigenvalue weighted by atomic mass is 9.99. The first-order valence-corrected chi connectivity index (χ1v) is 6.87. The summed E-state index contributed by atoms with van der Waals surface area (Å²) in [4.78, 5) is 2.49. The van der Waals surface area contributed by atoms with Crippen molar-refractivity contribution in [2.24, 2.45) is 5.73 Å². The summed E-state index contributed by atoms with van der Waals surface area (Å²) >= 11 is 0. The van der Waals surface area contributed by atoms with Gasteiger partial charge in [0.05, 0.1) is 6.07 Å². The molecule has 0 fully saturated rings. The summed E-state index contributed by atoms with van der Waals surface area (Å²) in [6, 6.07) is 2.74. The van der Waals surface area contributed by atoms with Crippen LogP contribution in [-0.2, 0) is 0 Å². The van der Waals surface area contributed by atoms with Gasteiger partial charge in [-0.2, -0.15) is 5.26 Å². The molecule has 17 heavy (non-hydrogen) atoms. The maximum atomic E-state index is 8.85. The van der Waals surface area contributed by atoms with E-state index in [4.69, 9.17) is 11.0 Å². The first-order chi connectivity index (χ1) is 7.93. The van der Waals surface area contributed by atoms with E-state index in [1.807, 2.05) is 6.92 Å². The molecule has 0 aromatic carbocycles. The van der Waals surface area contributed by atoms with Gasteiger partial charge in [-0.3, -0.25) is 0 Å². The number of hydrogen-bond donors (Lipinski definition) is 1. The highest BCUT2D eigenvalue weighted by Crippen LogP contribution is 2.10. The molecule has 2 N–H and O–H groups in total. The van der Waals surface area contributed by atoms with Crippen LogP contribution in [0.5, 0.6) is 0 Å². The Kier molecular flexibility index (Phi) is 8.20. The summed E-state index contributed by atoms with van der Waals surface area (Å²) in [5, 5.41) is 8.85. The molecule has 0 saturated heterocycles. The van der Waals surface area contributed by atoms with Crippen molar-refractivity contribution in [2.75, 3.05) is 13.1 Å². The zero-order chi connectivity index (χ0) is 13.3. The third-order valence-corrected chi connectivity index (χ3v) is 3.18. The standard InChI is InChI=1S/C14H29N3/c1-5-6-7-10-17(13(2)3)11-8-9-14(4,16)12-15/h13H,5-11,16H2,1-4H3. The Bertz CT molecular complexity index is 228. The molecule has 0 rings (SSSR count). The van der Waals surface area contributed by atoms with E-state index in [1.54, 1.807) is 0 Å². The van der Waals surface area contributed by atoms with Crippen LogP contribution in [0.3, 0.4) is 0 Å². The monoisotopic (exact) mass is 239 g/mol.